The lowest BCUT2D eigenvalue weighted by Crippen LogP contribution is -2.49. The zero-order chi connectivity index (χ0) is 23.4. The van der Waals surface area contributed by atoms with E-state index in [-0.39, 0.29) is 12.1 Å². The number of rotatable bonds is 9. The Kier molecular flexibility index (Phi) is 7.31. The summed E-state index contributed by atoms with van der Waals surface area (Å²) in [5.74, 6) is 1.78. The second kappa shape index (κ2) is 10.2. The van der Waals surface area contributed by atoms with Crippen LogP contribution in [0.5, 0.6) is 0 Å². The first-order valence-corrected chi connectivity index (χ1v) is 15.4. The van der Waals surface area contributed by atoms with Crippen LogP contribution in [0.2, 0.25) is 19.6 Å². The van der Waals surface area contributed by atoms with E-state index in [1.165, 1.54) is 0 Å². The Bertz CT molecular complexity index is 1050. The molecule has 8 nitrogen and oxygen atoms in total. The highest BCUT2D eigenvalue weighted by atomic mass is 28.4. The number of aromatic amines is 1. The molecular formula is C24H37N6O2Si+. The highest BCUT2D eigenvalue weighted by Crippen LogP contribution is 2.29. The molecule has 4 heterocycles. The number of nitrogens with zero attached hydrogens (tertiary/aromatic N) is 4. The Morgan fingerprint density at radius 3 is 2.91 bits per heavy atom. The van der Waals surface area contributed by atoms with E-state index in [2.05, 4.69) is 59.0 Å². The molecule has 0 amide bonds. The van der Waals surface area contributed by atoms with Crippen molar-refractivity contribution < 1.29 is 14.5 Å². The van der Waals surface area contributed by atoms with Gasteiger partial charge in [-0.1, -0.05) is 6.92 Å². The molecule has 0 bridgehead atoms. The molecule has 3 N–H and O–H groups in total. The van der Waals surface area contributed by atoms with E-state index in [0.717, 1.165) is 60.6 Å². The van der Waals surface area contributed by atoms with E-state index in [0.29, 0.717) is 13.2 Å². The van der Waals surface area contributed by atoms with Crippen LogP contribution in [-0.2, 0) is 17.4 Å². The van der Waals surface area contributed by atoms with E-state index in [4.69, 9.17) is 9.41 Å². The number of fused-ring (bicyclic) bond motifs is 1. The number of piperidine rings is 1. The van der Waals surface area contributed by atoms with E-state index in [9.17, 15) is 5.11 Å². The SMILES string of the molecule is CCc1cnn2c(NCc3ccc[nH+]c3)cc(N3CCCC(O)C3CCO[Si](C)(C)C)nc12. The number of hydrogen-bond acceptors (Lipinski definition) is 6. The summed E-state index contributed by atoms with van der Waals surface area (Å²) >= 11 is 0. The largest absolute Gasteiger partial charge is 0.418 e. The van der Waals surface area contributed by atoms with Crippen molar-refractivity contribution in [2.24, 2.45) is 0 Å². The molecule has 0 aromatic carbocycles. The van der Waals surface area contributed by atoms with Gasteiger partial charge in [-0.25, -0.2) is 9.97 Å². The van der Waals surface area contributed by atoms with Crippen molar-refractivity contribution >= 4 is 25.6 Å². The van der Waals surface area contributed by atoms with Gasteiger partial charge in [-0.05, 0) is 51.4 Å². The first-order valence-electron chi connectivity index (χ1n) is 12.0. The molecule has 9 heteroatoms. The summed E-state index contributed by atoms with van der Waals surface area (Å²) in [5, 5.41) is 19.0. The summed E-state index contributed by atoms with van der Waals surface area (Å²) in [6, 6.07) is 6.14. The Labute approximate surface area is 197 Å². The van der Waals surface area contributed by atoms with Crippen molar-refractivity contribution in [2.45, 2.75) is 70.9 Å². The maximum absolute atomic E-state index is 10.9. The number of aliphatic hydroxyl groups excluding tert-OH is 1. The van der Waals surface area contributed by atoms with Crippen molar-refractivity contribution in [3.8, 4) is 0 Å². The van der Waals surface area contributed by atoms with Crippen LogP contribution in [-0.4, -0.2) is 53.3 Å². The Balaban J connectivity index is 1.64. The maximum atomic E-state index is 10.9. The minimum Gasteiger partial charge on any atom is -0.418 e. The lowest BCUT2D eigenvalue weighted by Gasteiger charge is -2.40. The van der Waals surface area contributed by atoms with Crippen molar-refractivity contribution in [1.82, 2.24) is 14.6 Å². The van der Waals surface area contributed by atoms with E-state index >= 15 is 0 Å². The molecule has 0 aliphatic carbocycles. The van der Waals surface area contributed by atoms with Crippen molar-refractivity contribution in [3.63, 3.8) is 0 Å². The minimum absolute atomic E-state index is 0.00498. The molecule has 1 fully saturated rings. The van der Waals surface area contributed by atoms with Gasteiger partial charge in [0.05, 0.1) is 18.3 Å². The number of H-pyrrole nitrogens is 1. The van der Waals surface area contributed by atoms with Crippen LogP contribution in [0.25, 0.3) is 5.65 Å². The van der Waals surface area contributed by atoms with Gasteiger partial charge in [0, 0.05) is 43.0 Å². The summed E-state index contributed by atoms with van der Waals surface area (Å²) < 4.78 is 8.01. The van der Waals surface area contributed by atoms with E-state index < -0.39 is 8.32 Å². The van der Waals surface area contributed by atoms with Gasteiger partial charge >= 0.3 is 0 Å². The predicted molar refractivity (Wildman–Crippen MR) is 133 cm³/mol. The Morgan fingerprint density at radius 1 is 1.33 bits per heavy atom. The number of hydrogen-bond donors (Lipinski definition) is 2. The molecule has 3 aromatic heterocycles. The average molecular weight is 470 g/mol. The molecule has 33 heavy (non-hydrogen) atoms. The summed E-state index contributed by atoms with van der Waals surface area (Å²) in [4.78, 5) is 10.4. The van der Waals surface area contributed by atoms with Gasteiger partial charge < -0.3 is 19.7 Å². The first kappa shape index (κ1) is 23.7. The Hall–Kier alpha value is -2.49. The molecular weight excluding hydrogens is 432 g/mol. The number of aliphatic hydroxyl groups is 1. The number of aromatic nitrogens is 4. The highest BCUT2D eigenvalue weighted by Gasteiger charge is 2.32. The van der Waals surface area contributed by atoms with Crippen LogP contribution in [0, 0.1) is 0 Å². The summed E-state index contributed by atoms with van der Waals surface area (Å²) in [5.41, 5.74) is 3.14. The monoisotopic (exact) mass is 469 g/mol. The van der Waals surface area contributed by atoms with Crippen LogP contribution >= 0.6 is 0 Å². The molecule has 1 aliphatic rings. The van der Waals surface area contributed by atoms with Gasteiger partial charge in [0.1, 0.15) is 11.6 Å². The quantitative estimate of drug-likeness (QED) is 0.468. The van der Waals surface area contributed by atoms with Gasteiger partial charge in [0.15, 0.2) is 26.4 Å². The molecule has 1 aliphatic heterocycles. The molecule has 0 spiro atoms. The summed E-state index contributed by atoms with van der Waals surface area (Å²) in [7, 11) is -1.60. The second-order valence-corrected chi connectivity index (χ2v) is 14.3. The fourth-order valence-electron chi connectivity index (χ4n) is 4.41. The van der Waals surface area contributed by atoms with E-state index in [1.54, 1.807) is 0 Å². The van der Waals surface area contributed by atoms with Crippen LogP contribution in [0.3, 0.4) is 0 Å². The standard InChI is InChI=1S/C24H36N6O2Si/c1-5-19-17-27-30-22(26-16-18-8-6-11-25-15-18)14-23(28-24(19)30)29-12-7-9-21(31)20(29)10-13-32-33(2,3)4/h6,8,11,14-15,17,20-21,26,31H,5,7,9-10,12-13,16H2,1-4H3/p+1. The van der Waals surface area contributed by atoms with Crippen LogP contribution in [0.1, 0.15) is 37.3 Å². The fraction of sp³-hybridized carbons (Fsp3) is 0.542. The number of pyridine rings is 1. The number of nitrogens with one attached hydrogen (secondary N) is 2. The second-order valence-electron chi connectivity index (χ2n) is 9.74. The molecule has 0 saturated carbocycles. The smallest absolute Gasteiger partial charge is 0.183 e. The van der Waals surface area contributed by atoms with Crippen LogP contribution < -0.4 is 15.2 Å². The molecule has 2 atom stereocenters. The first-order chi connectivity index (χ1) is 15.9. The molecule has 2 unspecified atom stereocenters. The van der Waals surface area contributed by atoms with Gasteiger partial charge in [0.25, 0.3) is 0 Å². The third-order valence-electron chi connectivity index (χ3n) is 6.14. The lowest BCUT2D eigenvalue weighted by atomic mass is 9.96. The highest BCUT2D eigenvalue weighted by molar-refractivity contribution is 6.69. The van der Waals surface area contributed by atoms with Crippen molar-refractivity contribution in [3.05, 3.63) is 47.9 Å². The molecule has 3 aromatic rings. The van der Waals surface area contributed by atoms with E-state index in [1.807, 2.05) is 29.2 Å². The molecule has 4 rings (SSSR count). The van der Waals surface area contributed by atoms with Gasteiger partial charge in [0.2, 0.25) is 0 Å². The van der Waals surface area contributed by atoms with Gasteiger partial charge in [-0.3, -0.25) is 0 Å². The third-order valence-corrected chi connectivity index (χ3v) is 7.21. The van der Waals surface area contributed by atoms with Crippen LogP contribution in [0.4, 0.5) is 11.6 Å². The lowest BCUT2D eigenvalue weighted by molar-refractivity contribution is -0.378. The molecule has 1 saturated heterocycles. The summed E-state index contributed by atoms with van der Waals surface area (Å²) in [6.45, 7) is 10.9. The summed E-state index contributed by atoms with van der Waals surface area (Å²) in [6.07, 6.45) is 8.83. The number of anilines is 2. The minimum atomic E-state index is -1.60. The van der Waals surface area contributed by atoms with Gasteiger partial charge in [-0.15, -0.1) is 0 Å². The molecule has 178 valence electrons. The molecule has 0 radical (unpaired) electrons. The van der Waals surface area contributed by atoms with Gasteiger partial charge in [-0.2, -0.15) is 9.61 Å². The Morgan fingerprint density at radius 2 is 2.18 bits per heavy atom. The zero-order valence-electron chi connectivity index (χ0n) is 20.2. The normalized spacial score (nSPS) is 19.2. The maximum Gasteiger partial charge on any atom is 0.183 e. The topological polar surface area (TPSA) is 89.1 Å². The predicted octanol–water partition coefficient (Wildman–Crippen LogP) is 3.29. The van der Waals surface area contributed by atoms with Crippen LogP contribution in [0.15, 0.2) is 36.8 Å². The average Bonchev–Trinajstić information content (AvgIpc) is 3.21. The van der Waals surface area contributed by atoms with Crippen molar-refractivity contribution in [1.29, 1.82) is 0 Å². The van der Waals surface area contributed by atoms with Crippen molar-refractivity contribution in [2.75, 3.05) is 23.4 Å². The zero-order valence-corrected chi connectivity index (χ0v) is 21.2. The fourth-order valence-corrected chi connectivity index (χ4v) is 5.14. The third kappa shape index (κ3) is 5.71. The number of aryl methyl sites for hydroxylation is 1.